The lowest BCUT2D eigenvalue weighted by atomic mass is 9.94. The van der Waals surface area contributed by atoms with Gasteiger partial charge in [-0.25, -0.2) is 0 Å². The second-order valence-corrected chi connectivity index (χ2v) is 6.75. The summed E-state index contributed by atoms with van der Waals surface area (Å²) in [7, 11) is 0. The van der Waals surface area contributed by atoms with Gasteiger partial charge < -0.3 is 10.2 Å². The summed E-state index contributed by atoms with van der Waals surface area (Å²) in [6.07, 6.45) is 0. The molecule has 0 radical (unpaired) electrons. The maximum Gasteiger partial charge on any atom is 0.255 e. The number of hydrogen-bond acceptors (Lipinski definition) is 2. The first-order valence-corrected chi connectivity index (χ1v) is 8.95. The van der Waals surface area contributed by atoms with E-state index in [1.165, 1.54) is 0 Å². The summed E-state index contributed by atoms with van der Waals surface area (Å²) in [5, 5.41) is 2.97. The highest BCUT2D eigenvalue weighted by molar-refractivity contribution is 6.01. The number of aryl methyl sites for hydroxylation is 1. The molecule has 4 heteroatoms. The molecule has 0 fully saturated rings. The van der Waals surface area contributed by atoms with Gasteiger partial charge in [-0.2, -0.15) is 0 Å². The molecular weight excluding hydrogens is 336 g/mol. The maximum atomic E-state index is 13.3. The largest absolute Gasteiger partial charge is 0.324 e. The molecule has 0 saturated heterocycles. The number of amides is 2. The van der Waals surface area contributed by atoms with Gasteiger partial charge in [-0.15, -0.1) is 0 Å². The van der Waals surface area contributed by atoms with Crippen molar-refractivity contribution in [3.63, 3.8) is 0 Å². The number of fused-ring (bicyclic) bond motifs is 1. The molecule has 0 bridgehead atoms. The van der Waals surface area contributed by atoms with E-state index in [9.17, 15) is 9.59 Å². The van der Waals surface area contributed by atoms with Gasteiger partial charge in [0.25, 0.3) is 5.91 Å². The van der Waals surface area contributed by atoms with Crippen molar-refractivity contribution < 1.29 is 9.59 Å². The lowest BCUT2D eigenvalue weighted by Crippen LogP contribution is -2.38. The van der Waals surface area contributed by atoms with Gasteiger partial charge in [0.05, 0.1) is 6.04 Å². The maximum absolute atomic E-state index is 13.3. The molecule has 1 aliphatic rings. The zero-order chi connectivity index (χ0) is 18.8. The second kappa shape index (κ2) is 7.08. The van der Waals surface area contributed by atoms with Crippen LogP contribution in [0.5, 0.6) is 0 Å². The van der Waals surface area contributed by atoms with E-state index in [0.717, 1.165) is 22.4 Å². The van der Waals surface area contributed by atoms with Crippen LogP contribution in [0.4, 0.5) is 5.69 Å². The van der Waals surface area contributed by atoms with Gasteiger partial charge in [-0.05, 0) is 36.2 Å². The van der Waals surface area contributed by atoms with E-state index in [2.05, 4.69) is 5.32 Å². The first kappa shape index (κ1) is 17.0. The zero-order valence-electron chi connectivity index (χ0n) is 15.1. The first-order valence-electron chi connectivity index (χ1n) is 8.95. The fourth-order valence-electron chi connectivity index (χ4n) is 3.55. The molecule has 1 aliphatic heterocycles. The summed E-state index contributed by atoms with van der Waals surface area (Å²) >= 11 is 0. The Hall–Kier alpha value is -3.40. The van der Waals surface area contributed by atoms with E-state index in [1.807, 2.05) is 73.7 Å². The van der Waals surface area contributed by atoms with E-state index in [4.69, 9.17) is 0 Å². The Labute approximate surface area is 158 Å². The Kier molecular flexibility index (Phi) is 4.47. The summed E-state index contributed by atoms with van der Waals surface area (Å²) in [6.45, 7) is 1.99. The Morgan fingerprint density at radius 2 is 1.63 bits per heavy atom. The van der Waals surface area contributed by atoms with Crippen LogP contribution in [0.1, 0.15) is 33.1 Å². The molecule has 1 N–H and O–H groups in total. The molecule has 0 unspecified atom stereocenters. The molecule has 0 saturated carbocycles. The van der Waals surface area contributed by atoms with E-state index in [-0.39, 0.29) is 24.4 Å². The number of nitrogens with zero attached hydrogens (tertiary/aromatic N) is 1. The van der Waals surface area contributed by atoms with E-state index >= 15 is 0 Å². The second-order valence-electron chi connectivity index (χ2n) is 6.75. The van der Waals surface area contributed by atoms with E-state index < -0.39 is 0 Å². The molecule has 4 rings (SSSR count). The lowest BCUT2D eigenvalue weighted by Gasteiger charge is -2.30. The minimum Gasteiger partial charge on any atom is -0.324 e. The number of carbonyl (C=O) groups excluding carboxylic acids is 2. The van der Waals surface area contributed by atoms with Gasteiger partial charge in [0.2, 0.25) is 5.91 Å². The predicted octanol–water partition coefficient (Wildman–Crippen LogP) is 4.18. The van der Waals surface area contributed by atoms with Crippen molar-refractivity contribution in [3.8, 4) is 0 Å². The van der Waals surface area contributed by atoms with Crippen molar-refractivity contribution in [1.82, 2.24) is 4.90 Å². The van der Waals surface area contributed by atoms with Crippen LogP contribution in [-0.2, 0) is 4.79 Å². The molecule has 4 nitrogen and oxygen atoms in total. The number of carbonyl (C=O) groups is 2. The number of rotatable bonds is 2. The van der Waals surface area contributed by atoms with Crippen molar-refractivity contribution in [2.45, 2.75) is 13.0 Å². The van der Waals surface area contributed by atoms with Gasteiger partial charge in [0.1, 0.15) is 6.54 Å². The molecule has 2 amide bonds. The van der Waals surface area contributed by atoms with Crippen LogP contribution >= 0.6 is 0 Å². The normalized spacial score (nSPS) is 16.3. The third-order valence-electron chi connectivity index (χ3n) is 4.80. The molecular formula is C23H20N2O2. The topological polar surface area (TPSA) is 49.4 Å². The standard InChI is InChI=1S/C23H20N2O2/c1-16-12-13-19-20(14-16)24-21(26)15-25(22(19)17-8-4-2-5-9-17)23(27)18-10-6-3-7-11-18/h2-14,22H,15H2,1H3,(H,24,26)/t22-/m0/s1. The van der Waals surface area contributed by atoms with Crippen molar-refractivity contribution in [1.29, 1.82) is 0 Å². The van der Waals surface area contributed by atoms with Gasteiger partial charge in [0.15, 0.2) is 0 Å². The molecule has 1 heterocycles. The Balaban J connectivity index is 1.89. The summed E-state index contributed by atoms with van der Waals surface area (Å²) in [4.78, 5) is 27.5. The van der Waals surface area contributed by atoms with E-state index in [1.54, 1.807) is 17.0 Å². The highest BCUT2D eigenvalue weighted by atomic mass is 16.2. The minimum atomic E-state index is -0.339. The number of nitrogens with one attached hydrogen (secondary N) is 1. The highest BCUT2D eigenvalue weighted by Gasteiger charge is 2.33. The fraction of sp³-hybridized carbons (Fsp3) is 0.130. The molecule has 27 heavy (non-hydrogen) atoms. The zero-order valence-corrected chi connectivity index (χ0v) is 15.1. The Morgan fingerprint density at radius 3 is 2.33 bits per heavy atom. The molecule has 0 aromatic heterocycles. The fourth-order valence-corrected chi connectivity index (χ4v) is 3.55. The van der Waals surface area contributed by atoms with Gasteiger partial charge in [0, 0.05) is 16.8 Å². The third kappa shape index (κ3) is 3.34. The third-order valence-corrected chi connectivity index (χ3v) is 4.80. The van der Waals surface area contributed by atoms with Gasteiger partial charge >= 0.3 is 0 Å². The van der Waals surface area contributed by atoms with Crippen LogP contribution in [-0.4, -0.2) is 23.3 Å². The van der Waals surface area contributed by atoms with Crippen molar-refractivity contribution in [3.05, 3.63) is 101 Å². The van der Waals surface area contributed by atoms with Crippen LogP contribution < -0.4 is 5.32 Å². The molecule has 0 aliphatic carbocycles. The summed E-state index contributed by atoms with van der Waals surface area (Å²) in [5.41, 5.74) is 4.29. The van der Waals surface area contributed by atoms with Crippen molar-refractivity contribution >= 4 is 17.5 Å². The van der Waals surface area contributed by atoms with Gasteiger partial charge in [-0.3, -0.25) is 9.59 Å². The smallest absolute Gasteiger partial charge is 0.255 e. The average Bonchev–Trinajstić information content (AvgIpc) is 2.84. The van der Waals surface area contributed by atoms with E-state index in [0.29, 0.717) is 5.56 Å². The molecule has 0 spiro atoms. The number of anilines is 1. The predicted molar refractivity (Wildman–Crippen MR) is 106 cm³/mol. The van der Waals surface area contributed by atoms with Crippen LogP contribution in [0.2, 0.25) is 0 Å². The van der Waals surface area contributed by atoms with Gasteiger partial charge in [-0.1, -0.05) is 60.7 Å². The summed E-state index contributed by atoms with van der Waals surface area (Å²) < 4.78 is 0. The summed E-state index contributed by atoms with van der Waals surface area (Å²) in [6, 6.07) is 24.6. The minimum absolute atomic E-state index is 0.00101. The van der Waals surface area contributed by atoms with Crippen molar-refractivity contribution in [2.24, 2.45) is 0 Å². The monoisotopic (exact) mass is 356 g/mol. The van der Waals surface area contributed by atoms with Crippen LogP contribution in [0, 0.1) is 6.92 Å². The summed E-state index contributed by atoms with van der Waals surface area (Å²) in [5.74, 6) is -0.349. The molecule has 3 aromatic carbocycles. The first-order chi connectivity index (χ1) is 13.1. The SMILES string of the molecule is Cc1ccc2c(c1)NC(=O)CN(C(=O)c1ccccc1)[C@H]2c1ccccc1. The van der Waals surface area contributed by atoms with Crippen LogP contribution in [0.25, 0.3) is 0 Å². The Bertz CT molecular complexity index is 984. The van der Waals surface area contributed by atoms with Crippen LogP contribution in [0.3, 0.4) is 0 Å². The lowest BCUT2D eigenvalue weighted by molar-refractivity contribution is -0.117. The molecule has 134 valence electrons. The average molecular weight is 356 g/mol. The quantitative estimate of drug-likeness (QED) is 0.749. The molecule has 1 atom stereocenters. The van der Waals surface area contributed by atoms with Crippen LogP contribution in [0.15, 0.2) is 78.9 Å². The highest BCUT2D eigenvalue weighted by Crippen LogP contribution is 2.36. The van der Waals surface area contributed by atoms with Crippen molar-refractivity contribution in [2.75, 3.05) is 11.9 Å². The number of hydrogen-bond donors (Lipinski definition) is 1. The Morgan fingerprint density at radius 1 is 0.963 bits per heavy atom. The number of benzene rings is 3. The molecule has 3 aromatic rings.